The van der Waals surface area contributed by atoms with Gasteiger partial charge in [-0.1, -0.05) is 12.1 Å². The number of nitrogens with zero attached hydrogens (tertiary/aromatic N) is 2. The number of halogens is 3. The molecule has 0 amide bonds. The van der Waals surface area contributed by atoms with E-state index in [1.807, 2.05) is 10.8 Å². The van der Waals surface area contributed by atoms with Crippen molar-refractivity contribution < 1.29 is 13.2 Å². The number of hydrogen-bond acceptors (Lipinski definition) is 2. The first-order valence-electron chi connectivity index (χ1n) is 6.34. The molecule has 0 saturated heterocycles. The molecule has 0 bridgehead atoms. The molecule has 0 saturated carbocycles. The molecule has 2 N–H and O–H groups in total. The molecular weight excluding hydrogens is 267 g/mol. The molecule has 0 aliphatic rings. The Balaban J connectivity index is 2.11. The molecule has 20 heavy (non-hydrogen) atoms. The average Bonchev–Trinajstić information content (AvgIpc) is 2.91. The van der Waals surface area contributed by atoms with Gasteiger partial charge >= 0.3 is 6.18 Å². The third-order valence-electron chi connectivity index (χ3n) is 3.20. The topological polar surface area (TPSA) is 43.8 Å². The van der Waals surface area contributed by atoms with Crippen LogP contribution in [0, 0.1) is 0 Å². The van der Waals surface area contributed by atoms with Crippen molar-refractivity contribution in [2.45, 2.75) is 25.1 Å². The van der Waals surface area contributed by atoms with Crippen LogP contribution in [0.5, 0.6) is 0 Å². The summed E-state index contributed by atoms with van der Waals surface area (Å²) in [6.45, 7) is 0.517. The fourth-order valence-corrected chi connectivity index (χ4v) is 2.14. The first-order chi connectivity index (χ1) is 9.50. The van der Waals surface area contributed by atoms with Crippen molar-refractivity contribution in [3.8, 4) is 0 Å². The molecule has 0 radical (unpaired) electrons. The number of aromatic nitrogens is 2. The molecule has 1 heterocycles. The molecule has 0 aliphatic heterocycles. The molecule has 2 rings (SSSR count). The van der Waals surface area contributed by atoms with Gasteiger partial charge in [0.25, 0.3) is 0 Å². The van der Waals surface area contributed by atoms with E-state index in [1.165, 1.54) is 12.1 Å². The number of benzene rings is 1. The van der Waals surface area contributed by atoms with Gasteiger partial charge in [0, 0.05) is 18.4 Å². The van der Waals surface area contributed by atoms with Crippen molar-refractivity contribution in [2.24, 2.45) is 5.73 Å². The summed E-state index contributed by atoms with van der Waals surface area (Å²) in [5.74, 6) is 0. The van der Waals surface area contributed by atoms with Crippen molar-refractivity contribution in [3.63, 3.8) is 0 Å². The Hall–Kier alpha value is -1.82. The number of nitrogens with two attached hydrogens (primary N) is 1. The van der Waals surface area contributed by atoms with E-state index in [-0.39, 0.29) is 6.04 Å². The number of hydrogen-bond donors (Lipinski definition) is 1. The fraction of sp³-hybridized carbons (Fsp3) is 0.357. The second-order valence-electron chi connectivity index (χ2n) is 4.64. The molecule has 1 aromatic carbocycles. The lowest BCUT2D eigenvalue weighted by Crippen LogP contribution is -2.15. The van der Waals surface area contributed by atoms with Crippen LogP contribution >= 0.6 is 0 Å². The molecule has 108 valence electrons. The average molecular weight is 283 g/mol. The predicted octanol–water partition coefficient (Wildman–Crippen LogP) is 3.03. The lowest BCUT2D eigenvalue weighted by molar-refractivity contribution is -0.137. The van der Waals surface area contributed by atoms with E-state index >= 15 is 0 Å². The molecule has 0 aliphatic carbocycles. The van der Waals surface area contributed by atoms with Crippen molar-refractivity contribution in [3.05, 3.63) is 54.1 Å². The van der Waals surface area contributed by atoms with E-state index in [4.69, 9.17) is 5.73 Å². The summed E-state index contributed by atoms with van der Waals surface area (Å²) in [5, 5.41) is 0. The summed E-state index contributed by atoms with van der Waals surface area (Å²) < 4.78 is 39.4. The molecule has 6 heteroatoms. The van der Waals surface area contributed by atoms with Gasteiger partial charge in [-0.15, -0.1) is 0 Å². The minimum Gasteiger partial charge on any atom is -0.334 e. The first kappa shape index (κ1) is 14.6. The summed E-state index contributed by atoms with van der Waals surface area (Å²) in [6, 6.07) is 5.37. The van der Waals surface area contributed by atoms with Gasteiger partial charge < -0.3 is 10.3 Å². The molecule has 1 aromatic heterocycles. The third-order valence-corrected chi connectivity index (χ3v) is 3.20. The van der Waals surface area contributed by atoms with E-state index in [2.05, 4.69) is 4.98 Å². The van der Waals surface area contributed by atoms with Crippen LogP contribution in [0.15, 0.2) is 43.0 Å². The molecule has 1 atom stereocenters. The molecule has 0 spiro atoms. The number of imidazole rings is 1. The molecular formula is C14H16F3N3. The summed E-state index contributed by atoms with van der Waals surface area (Å²) >= 11 is 0. The van der Waals surface area contributed by atoms with Gasteiger partial charge in [-0.25, -0.2) is 4.98 Å². The van der Waals surface area contributed by atoms with Crippen molar-refractivity contribution in [2.75, 3.05) is 6.54 Å². The maximum absolute atomic E-state index is 12.5. The Morgan fingerprint density at radius 1 is 1.20 bits per heavy atom. The highest BCUT2D eigenvalue weighted by atomic mass is 19.4. The van der Waals surface area contributed by atoms with Crippen molar-refractivity contribution >= 4 is 0 Å². The second-order valence-corrected chi connectivity index (χ2v) is 4.64. The normalized spacial score (nSPS) is 13.4. The highest BCUT2D eigenvalue weighted by Gasteiger charge is 2.30. The smallest absolute Gasteiger partial charge is 0.334 e. The van der Waals surface area contributed by atoms with Crippen LogP contribution < -0.4 is 5.73 Å². The standard InChI is InChI=1S/C14H16F3N3/c15-14(16,17)12-3-1-11(2-4-12)9-13(5-6-18)20-8-7-19-10-20/h1-4,7-8,10,13H,5-6,9,18H2. The van der Waals surface area contributed by atoms with Crippen LogP contribution in [-0.4, -0.2) is 16.1 Å². The lowest BCUT2D eigenvalue weighted by atomic mass is 10.0. The van der Waals surface area contributed by atoms with Crippen LogP contribution in [0.3, 0.4) is 0 Å². The minimum atomic E-state index is -4.29. The zero-order chi connectivity index (χ0) is 14.6. The van der Waals surface area contributed by atoms with Gasteiger partial charge in [0.15, 0.2) is 0 Å². The van der Waals surface area contributed by atoms with E-state index in [9.17, 15) is 13.2 Å². The summed E-state index contributed by atoms with van der Waals surface area (Å²) in [5.41, 5.74) is 5.81. The minimum absolute atomic E-state index is 0.110. The molecule has 2 aromatic rings. The van der Waals surface area contributed by atoms with Crippen LogP contribution in [0.1, 0.15) is 23.6 Å². The van der Waals surface area contributed by atoms with Gasteiger partial charge in [-0.2, -0.15) is 13.2 Å². The van der Waals surface area contributed by atoms with Gasteiger partial charge in [0.2, 0.25) is 0 Å². The highest BCUT2D eigenvalue weighted by Crippen LogP contribution is 2.29. The van der Waals surface area contributed by atoms with E-state index in [1.54, 1.807) is 12.5 Å². The SMILES string of the molecule is NCCC(Cc1ccc(C(F)(F)F)cc1)n1ccnc1. The number of rotatable bonds is 5. The van der Waals surface area contributed by atoms with Gasteiger partial charge in [-0.05, 0) is 37.1 Å². The molecule has 3 nitrogen and oxygen atoms in total. The van der Waals surface area contributed by atoms with Crippen LogP contribution in [0.4, 0.5) is 13.2 Å². The second kappa shape index (κ2) is 6.09. The molecule has 0 fully saturated rings. The Labute approximate surface area is 115 Å². The Kier molecular flexibility index (Phi) is 4.44. The Bertz CT molecular complexity index is 518. The lowest BCUT2D eigenvalue weighted by Gasteiger charge is -2.18. The quantitative estimate of drug-likeness (QED) is 0.916. The van der Waals surface area contributed by atoms with Gasteiger partial charge in [-0.3, -0.25) is 0 Å². The number of alkyl halides is 3. The van der Waals surface area contributed by atoms with E-state index in [0.29, 0.717) is 13.0 Å². The summed E-state index contributed by atoms with van der Waals surface area (Å²) in [6.07, 6.45) is 2.30. The maximum atomic E-state index is 12.5. The fourth-order valence-electron chi connectivity index (χ4n) is 2.14. The monoisotopic (exact) mass is 283 g/mol. The predicted molar refractivity (Wildman–Crippen MR) is 70.1 cm³/mol. The molecule has 1 unspecified atom stereocenters. The van der Waals surface area contributed by atoms with Crippen LogP contribution in [0.25, 0.3) is 0 Å². The summed E-state index contributed by atoms with van der Waals surface area (Å²) in [4.78, 5) is 3.99. The summed E-state index contributed by atoms with van der Waals surface area (Å²) in [7, 11) is 0. The Morgan fingerprint density at radius 3 is 2.40 bits per heavy atom. The van der Waals surface area contributed by atoms with Crippen LogP contribution in [-0.2, 0) is 12.6 Å². The van der Waals surface area contributed by atoms with Gasteiger partial charge in [0.05, 0.1) is 11.9 Å². The van der Waals surface area contributed by atoms with Crippen molar-refractivity contribution in [1.82, 2.24) is 9.55 Å². The maximum Gasteiger partial charge on any atom is 0.416 e. The zero-order valence-corrected chi connectivity index (χ0v) is 10.8. The van der Waals surface area contributed by atoms with Crippen LogP contribution in [0.2, 0.25) is 0 Å². The van der Waals surface area contributed by atoms with Gasteiger partial charge in [0.1, 0.15) is 0 Å². The van der Waals surface area contributed by atoms with Crippen molar-refractivity contribution in [1.29, 1.82) is 0 Å². The largest absolute Gasteiger partial charge is 0.416 e. The van der Waals surface area contributed by atoms with E-state index < -0.39 is 11.7 Å². The highest BCUT2D eigenvalue weighted by molar-refractivity contribution is 5.25. The van der Waals surface area contributed by atoms with E-state index in [0.717, 1.165) is 24.1 Å². The third kappa shape index (κ3) is 3.60. The Morgan fingerprint density at radius 2 is 1.90 bits per heavy atom. The first-order valence-corrected chi connectivity index (χ1v) is 6.34. The zero-order valence-electron chi connectivity index (χ0n) is 10.8.